The first-order valence-electron chi connectivity index (χ1n) is 11.5. The Balaban J connectivity index is 1.56. The van der Waals surface area contributed by atoms with Gasteiger partial charge in [-0.1, -0.05) is 24.3 Å². The molecule has 7 heteroatoms. The average molecular weight is 456 g/mol. The topological polar surface area (TPSA) is 93.1 Å². The minimum atomic E-state index is -0.334. The van der Waals surface area contributed by atoms with Gasteiger partial charge in [0.2, 0.25) is 29.0 Å². The van der Waals surface area contributed by atoms with Crippen molar-refractivity contribution in [2.75, 3.05) is 33.9 Å². The summed E-state index contributed by atoms with van der Waals surface area (Å²) < 4.78 is 10.2. The second-order valence-corrected chi connectivity index (χ2v) is 8.66. The molecule has 1 aliphatic carbocycles. The number of benzene rings is 1. The van der Waals surface area contributed by atoms with E-state index in [-0.39, 0.29) is 35.6 Å². The van der Waals surface area contributed by atoms with Crippen molar-refractivity contribution >= 4 is 17.5 Å². The van der Waals surface area contributed by atoms with Crippen LogP contribution in [0.3, 0.4) is 0 Å². The van der Waals surface area contributed by atoms with Crippen LogP contribution in [0.2, 0.25) is 0 Å². The standard InChI is InChI=1S/C26H33NO6/c1-17-21(24(31)26(33-3)25(32-2)23(17)30)16-20-6-4-18(5-7-20)8-9-22(29)27-13-10-19(11-14-27)12-15-28/h4-7,19,28H,8-16H2,1-3H3. The Morgan fingerprint density at radius 1 is 1.00 bits per heavy atom. The van der Waals surface area contributed by atoms with E-state index in [0.29, 0.717) is 36.3 Å². The molecule has 1 aromatic rings. The van der Waals surface area contributed by atoms with Crippen molar-refractivity contribution in [1.82, 2.24) is 4.90 Å². The van der Waals surface area contributed by atoms with Crippen LogP contribution in [-0.2, 0) is 36.7 Å². The number of piperidine rings is 1. The van der Waals surface area contributed by atoms with Gasteiger partial charge in [-0.15, -0.1) is 0 Å². The number of carbonyl (C=O) groups excluding carboxylic acids is 3. The van der Waals surface area contributed by atoms with Crippen LogP contribution in [0.25, 0.3) is 0 Å². The lowest BCUT2D eigenvalue weighted by molar-refractivity contribution is -0.132. The molecular weight excluding hydrogens is 422 g/mol. The number of hydrogen-bond acceptors (Lipinski definition) is 6. The minimum Gasteiger partial charge on any atom is -0.489 e. The Morgan fingerprint density at radius 3 is 2.15 bits per heavy atom. The van der Waals surface area contributed by atoms with Crippen LogP contribution >= 0.6 is 0 Å². The van der Waals surface area contributed by atoms with Crippen LogP contribution in [0.4, 0.5) is 0 Å². The molecular formula is C26H33NO6. The molecule has 33 heavy (non-hydrogen) atoms. The lowest BCUT2D eigenvalue weighted by Crippen LogP contribution is -2.38. The summed E-state index contributed by atoms with van der Waals surface area (Å²) in [6, 6.07) is 7.80. The van der Waals surface area contributed by atoms with Gasteiger partial charge >= 0.3 is 0 Å². The first kappa shape index (κ1) is 24.7. The van der Waals surface area contributed by atoms with Crippen molar-refractivity contribution in [2.24, 2.45) is 5.92 Å². The summed E-state index contributed by atoms with van der Waals surface area (Å²) in [6.07, 6.45) is 4.18. The highest BCUT2D eigenvalue weighted by atomic mass is 16.5. The highest BCUT2D eigenvalue weighted by Crippen LogP contribution is 2.28. The summed E-state index contributed by atoms with van der Waals surface area (Å²) in [5, 5.41) is 9.07. The van der Waals surface area contributed by atoms with Crippen molar-refractivity contribution in [2.45, 2.75) is 45.4 Å². The maximum absolute atomic E-state index is 12.8. The van der Waals surface area contributed by atoms with Gasteiger partial charge in [0, 0.05) is 43.7 Å². The van der Waals surface area contributed by atoms with Crippen LogP contribution in [0, 0.1) is 5.92 Å². The highest BCUT2D eigenvalue weighted by Gasteiger charge is 2.34. The molecule has 1 amide bonds. The fraction of sp³-hybridized carbons (Fsp3) is 0.500. The molecule has 1 N–H and O–H groups in total. The van der Waals surface area contributed by atoms with Gasteiger partial charge in [-0.05, 0) is 49.7 Å². The van der Waals surface area contributed by atoms with Crippen molar-refractivity contribution in [3.8, 4) is 0 Å². The van der Waals surface area contributed by atoms with Crippen LogP contribution in [0.5, 0.6) is 0 Å². The third-order valence-electron chi connectivity index (χ3n) is 6.63. The van der Waals surface area contributed by atoms with Crippen LogP contribution < -0.4 is 0 Å². The summed E-state index contributed by atoms with van der Waals surface area (Å²) in [7, 11) is 2.70. The number of rotatable bonds is 9. The maximum Gasteiger partial charge on any atom is 0.228 e. The zero-order valence-electron chi connectivity index (χ0n) is 19.7. The molecule has 2 aliphatic rings. The van der Waals surface area contributed by atoms with Gasteiger partial charge in [-0.25, -0.2) is 0 Å². The number of Topliss-reactive ketones (excluding diaryl/α,β-unsaturated/α-hetero) is 2. The number of allylic oxidation sites excluding steroid dienone is 2. The number of aliphatic hydroxyl groups is 1. The van der Waals surface area contributed by atoms with Crippen molar-refractivity contribution in [3.63, 3.8) is 0 Å². The van der Waals surface area contributed by atoms with Crippen LogP contribution in [0.1, 0.15) is 43.7 Å². The number of aryl methyl sites for hydroxylation is 1. The predicted molar refractivity (Wildman–Crippen MR) is 123 cm³/mol. The zero-order chi connectivity index (χ0) is 24.0. The molecule has 1 aromatic carbocycles. The molecule has 0 bridgehead atoms. The normalized spacial score (nSPS) is 17.6. The van der Waals surface area contributed by atoms with Gasteiger partial charge in [-0.3, -0.25) is 14.4 Å². The van der Waals surface area contributed by atoms with E-state index >= 15 is 0 Å². The molecule has 0 saturated carbocycles. The van der Waals surface area contributed by atoms with Gasteiger partial charge in [0.1, 0.15) is 0 Å². The highest BCUT2D eigenvalue weighted by molar-refractivity contribution is 6.23. The Hall–Kier alpha value is -2.93. The van der Waals surface area contributed by atoms with E-state index in [1.807, 2.05) is 29.2 Å². The summed E-state index contributed by atoms with van der Waals surface area (Å²) in [4.78, 5) is 39.8. The van der Waals surface area contributed by atoms with Crippen molar-refractivity contribution < 1.29 is 29.0 Å². The number of carbonyl (C=O) groups is 3. The number of methoxy groups -OCH3 is 2. The maximum atomic E-state index is 12.8. The monoisotopic (exact) mass is 455 g/mol. The SMILES string of the molecule is COC1=C(OC)C(=O)C(Cc2ccc(CCC(=O)N3CCC(CCO)CC3)cc2)=C(C)C1=O. The summed E-state index contributed by atoms with van der Waals surface area (Å²) >= 11 is 0. The first-order valence-corrected chi connectivity index (χ1v) is 11.5. The minimum absolute atomic E-state index is 0.0543. The Kier molecular flexibility index (Phi) is 8.44. The Morgan fingerprint density at radius 2 is 1.58 bits per heavy atom. The predicted octanol–water partition coefficient (Wildman–Crippen LogP) is 2.76. The molecule has 1 fully saturated rings. The van der Waals surface area contributed by atoms with E-state index in [2.05, 4.69) is 0 Å². The smallest absolute Gasteiger partial charge is 0.228 e. The van der Waals surface area contributed by atoms with E-state index < -0.39 is 0 Å². The number of likely N-dealkylation sites (tertiary alicyclic amines) is 1. The van der Waals surface area contributed by atoms with E-state index in [4.69, 9.17) is 14.6 Å². The number of ketones is 2. The fourth-order valence-electron chi connectivity index (χ4n) is 4.50. The quantitative estimate of drug-likeness (QED) is 0.576. The van der Waals surface area contributed by atoms with Crippen molar-refractivity contribution in [1.29, 1.82) is 0 Å². The first-order chi connectivity index (χ1) is 15.9. The molecule has 0 unspecified atom stereocenters. The lowest BCUT2D eigenvalue weighted by Gasteiger charge is -2.31. The molecule has 178 valence electrons. The van der Waals surface area contributed by atoms with Crippen LogP contribution in [-0.4, -0.2) is 61.4 Å². The largest absolute Gasteiger partial charge is 0.489 e. The second-order valence-electron chi connectivity index (χ2n) is 8.66. The fourth-order valence-corrected chi connectivity index (χ4v) is 4.50. The Labute approximate surface area is 195 Å². The lowest BCUT2D eigenvalue weighted by atomic mass is 9.88. The van der Waals surface area contributed by atoms with E-state index in [0.717, 1.165) is 43.5 Å². The molecule has 0 spiro atoms. The summed E-state index contributed by atoms with van der Waals surface area (Å²) in [6.45, 7) is 3.39. The number of aliphatic hydroxyl groups excluding tert-OH is 1. The van der Waals surface area contributed by atoms with E-state index in [1.165, 1.54) is 14.2 Å². The van der Waals surface area contributed by atoms with Gasteiger partial charge in [-0.2, -0.15) is 0 Å². The van der Waals surface area contributed by atoms with Gasteiger partial charge in [0.15, 0.2) is 0 Å². The molecule has 0 radical (unpaired) electrons. The number of amides is 1. The van der Waals surface area contributed by atoms with Crippen molar-refractivity contribution in [3.05, 3.63) is 58.1 Å². The summed E-state index contributed by atoms with van der Waals surface area (Å²) in [5.41, 5.74) is 2.74. The Bertz CT molecular complexity index is 951. The average Bonchev–Trinajstić information content (AvgIpc) is 2.83. The van der Waals surface area contributed by atoms with Gasteiger partial charge < -0.3 is 19.5 Å². The number of ether oxygens (including phenoxy) is 2. The van der Waals surface area contributed by atoms with E-state index in [1.54, 1.807) is 6.92 Å². The molecule has 7 nitrogen and oxygen atoms in total. The second kappa shape index (κ2) is 11.3. The number of hydrogen-bond donors (Lipinski definition) is 1. The summed E-state index contributed by atoms with van der Waals surface area (Å²) in [5.74, 6) is -0.0851. The van der Waals surface area contributed by atoms with Gasteiger partial charge in [0.25, 0.3) is 0 Å². The zero-order valence-corrected chi connectivity index (χ0v) is 19.7. The molecule has 0 atom stereocenters. The number of nitrogens with zero attached hydrogens (tertiary/aromatic N) is 1. The molecule has 0 aromatic heterocycles. The molecule has 1 aliphatic heterocycles. The van der Waals surface area contributed by atoms with E-state index in [9.17, 15) is 14.4 Å². The molecule has 1 saturated heterocycles. The van der Waals surface area contributed by atoms with Gasteiger partial charge in [0.05, 0.1) is 14.2 Å². The van der Waals surface area contributed by atoms with Crippen LogP contribution in [0.15, 0.2) is 46.9 Å². The third-order valence-corrected chi connectivity index (χ3v) is 6.63. The third kappa shape index (κ3) is 5.71. The molecule has 1 heterocycles. The molecule has 3 rings (SSSR count).